The van der Waals surface area contributed by atoms with Gasteiger partial charge in [0.25, 0.3) is 0 Å². The molecule has 0 saturated carbocycles. The van der Waals surface area contributed by atoms with E-state index in [2.05, 4.69) is 16.0 Å². The van der Waals surface area contributed by atoms with Crippen molar-refractivity contribution in [3.63, 3.8) is 0 Å². The van der Waals surface area contributed by atoms with Gasteiger partial charge in [-0.1, -0.05) is 26.0 Å². The zero-order valence-electron chi connectivity index (χ0n) is 18.6. The molecule has 4 atom stereocenters. The van der Waals surface area contributed by atoms with Gasteiger partial charge in [-0.25, -0.2) is 4.79 Å². The maximum absolute atomic E-state index is 12.8. The number of hydrogen-bond donors (Lipinski definition) is 7. The van der Waals surface area contributed by atoms with Crippen LogP contribution in [-0.2, 0) is 30.4 Å². The Labute approximate surface area is 190 Å². The number of aromatic hydroxyl groups is 1. The number of phenolic OH excluding ortho intramolecular Hbond substituents is 1. The summed E-state index contributed by atoms with van der Waals surface area (Å²) in [7, 11) is 0. The van der Waals surface area contributed by atoms with Crippen LogP contribution in [0, 0.1) is 5.92 Å². The molecule has 1 aromatic rings. The molecule has 0 radical (unpaired) electrons. The Morgan fingerprint density at radius 3 is 1.85 bits per heavy atom. The molecule has 0 aliphatic carbocycles. The van der Waals surface area contributed by atoms with Crippen molar-refractivity contribution in [3.05, 3.63) is 29.8 Å². The summed E-state index contributed by atoms with van der Waals surface area (Å²) in [6, 6.07) is 0.777. The molecule has 0 spiro atoms. The molecule has 12 heteroatoms. The second kappa shape index (κ2) is 12.4. The summed E-state index contributed by atoms with van der Waals surface area (Å²) in [5.41, 5.74) is 5.99. The van der Waals surface area contributed by atoms with Crippen molar-refractivity contribution in [2.45, 2.75) is 57.8 Å². The van der Waals surface area contributed by atoms with Gasteiger partial charge >= 0.3 is 11.9 Å². The van der Waals surface area contributed by atoms with Crippen LogP contribution >= 0.6 is 0 Å². The molecule has 1 rings (SSSR count). The summed E-state index contributed by atoms with van der Waals surface area (Å²) >= 11 is 0. The van der Waals surface area contributed by atoms with E-state index >= 15 is 0 Å². The molecule has 0 bridgehead atoms. The molecule has 12 nitrogen and oxygen atoms in total. The van der Waals surface area contributed by atoms with E-state index in [1.54, 1.807) is 13.8 Å². The van der Waals surface area contributed by atoms with Crippen LogP contribution < -0.4 is 21.7 Å². The predicted molar refractivity (Wildman–Crippen MR) is 116 cm³/mol. The molecule has 0 fully saturated rings. The molecule has 1 aromatic carbocycles. The largest absolute Gasteiger partial charge is 0.508 e. The van der Waals surface area contributed by atoms with E-state index in [0.29, 0.717) is 5.56 Å². The number of phenols is 1. The lowest BCUT2D eigenvalue weighted by Gasteiger charge is -2.26. The SMILES string of the molecule is CC(N)C(=O)NC(CC(=O)O)C(=O)NC(C(=O)NC(Cc1ccc(O)cc1)C(=O)O)C(C)C. The van der Waals surface area contributed by atoms with Gasteiger partial charge in [0.1, 0.15) is 23.9 Å². The minimum atomic E-state index is -1.48. The molecule has 3 amide bonds. The molecule has 33 heavy (non-hydrogen) atoms. The lowest BCUT2D eigenvalue weighted by atomic mass is 10.0. The summed E-state index contributed by atoms with van der Waals surface area (Å²) in [5.74, 6) is -5.62. The van der Waals surface area contributed by atoms with E-state index in [-0.39, 0.29) is 12.2 Å². The third-order valence-electron chi connectivity index (χ3n) is 4.66. The quantitative estimate of drug-likeness (QED) is 0.200. The summed E-state index contributed by atoms with van der Waals surface area (Å²) in [4.78, 5) is 60.1. The number of aliphatic carboxylic acids is 2. The second-order valence-electron chi connectivity index (χ2n) is 7.95. The molecule has 0 saturated heterocycles. The van der Waals surface area contributed by atoms with Gasteiger partial charge in [-0.2, -0.15) is 0 Å². The highest BCUT2D eigenvalue weighted by molar-refractivity contribution is 5.95. The second-order valence-corrected chi connectivity index (χ2v) is 7.95. The van der Waals surface area contributed by atoms with E-state index in [9.17, 15) is 34.2 Å². The van der Waals surface area contributed by atoms with Gasteiger partial charge < -0.3 is 37.0 Å². The highest BCUT2D eigenvalue weighted by Gasteiger charge is 2.32. The third-order valence-corrected chi connectivity index (χ3v) is 4.66. The monoisotopic (exact) mass is 466 g/mol. The highest BCUT2D eigenvalue weighted by atomic mass is 16.4. The first-order valence-electron chi connectivity index (χ1n) is 10.2. The zero-order chi connectivity index (χ0) is 25.3. The van der Waals surface area contributed by atoms with Gasteiger partial charge in [0.15, 0.2) is 0 Å². The van der Waals surface area contributed by atoms with E-state index < -0.39 is 66.2 Å². The van der Waals surface area contributed by atoms with Crippen LogP contribution in [0.5, 0.6) is 5.75 Å². The van der Waals surface area contributed by atoms with Crippen LogP contribution in [-0.4, -0.2) is 69.1 Å². The molecule has 8 N–H and O–H groups in total. The molecule has 4 unspecified atom stereocenters. The van der Waals surface area contributed by atoms with E-state index in [1.165, 1.54) is 31.2 Å². The summed E-state index contributed by atoms with van der Waals surface area (Å²) < 4.78 is 0. The highest BCUT2D eigenvalue weighted by Crippen LogP contribution is 2.12. The fourth-order valence-corrected chi connectivity index (χ4v) is 2.81. The third kappa shape index (κ3) is 9.15. The number of nitrogens with two attached hydrogens (primary N) is 1. The summed E-state index contributed by atoms with van der Waals surface area (Å²) in [5, 5.41) is 34.9. The van der Waals surface area contributed by atoms with Gasteiger partial charge in [-0.15, -0.1) is 0 Å². The molecule has 0 aliphatic rings. The Kier molecular flexibility index (Phi) is 10.3. The fraction of sp³-hybridized carbons (Fsp3) is 0.476. The van der Waals surface area contributed by atoms with Crippen LogP contribution in [0.4, 0.5) is 0 Å². The molecule has 0 aromatic heterocycles. The summed E-state index contributed by atoms with van der Waals surface area (Å²) in [6.07, 6.45) is -0.818. The van der Waals surface area contributed by atoms with Gasteiger partial charge in [-0.3, -0.25) is 19.2 Å². The van der Waals surface area contributed by atoms with E-state index in [4.69, 9.17) is 10.8 Å². The van der Waals surface area contributed by atoms with Crippen LogP contribution in [0.3, 0.4) is 0 Å². The molecule has 0 aliphatic heterocycles. The van der Waals surface area contributed by atoms with Gasteiger partial charge in [0.2, 0.25) is 17.7 Å². The van der Waals surface area contributed by atoms with Crippen LogP contribution in [0.25, 0.3) is 0 Å². The average molecular weight is 466 g/mol. The van der Waals surface area contributed by atoms with Crippen LogP contribution in [0.15, 0.2) is 24.3 Å². The number of hydrogen-bond acceptors (Lipinski definition) is 7. The Morgan fingerprint density at radius 1 is 0.848 bits per heavy atom. The molecular formula is C21H30N4O8. The minimum absolute atomic E-state index is 0.00396. The van der Waals surface area contributed by atoms with Crippen molar-refractivity contribution in [3.8, 4) is 5.75 Å². The Bertz CT molecular complexity index is 870. The number of nitrogens with one attached hydrogen (secondary N) is 3. The van der Waals surface area contributed by atoms with Crippen molar-refractivity contribution in [2.75, 3.05) is 0 Å². The maximum atomic E-state index is 12.8. The number of rotatable bonds is 12. The Morgan fingerprint density at radius 2 is 1.39 bits per heavy atom. The predicted octanol–water partition coefficient (Wildman–Crippen LogP) is -1.05. The van der Waals surface area contributed by atoms with Crippen LogP contribution in [0.2, 0.25) is 0 Å². The lowest BCUT2D eigenvalue weighted by Crippen LogP contribution is -2.58. The fourth-order valence-electron chi connectivity index (χ4n) is 2.81. The van der Waals surface area contributed by atoms with Gasteiger partial charge in [0.05, 0.1) is 12.5 Å². The lowest BCUT2D eigenvalue weighted by molar-refractivity contribution is -0.143. The smallest absolute Gasteiger partial charge is 0.326 e. The molecule has 0 heterocycles. The molecular weight excluding hydrogens is 436 g/mol. The van der Waals surface area contributed by atoms with Crippen LogP contribution in [0.1, 0.15) is 32.8 Å². The first kappa shape index (κ1) is 27.4. The normalized spacial score (nSPS) is 14.5. The maximum Gasteiger partial charge on any atom is 0.326 e. The number of benzene rings is 1. The van der Waals surface area contributed by atoms with Crippen molar-refractivity contribution in [1.29, 1.82) is 0 Å². The van der Waals surface area contributed by atoms with Crippen molar-refractivity contribution in [2.24, 2.45) is 11.7 Å². The van der Waals surface area contributed by atoms with Crippen molar-refractivity contribution < 1.29 is 39.3 Å². The van der Waals surface area contributed by atoms with Crippen molar-refractivity contribution in [1.82, 2.24) is 16.0 Å². The number of carboxylic acids is 2. The first-order chi connectivity index (χ1) is 15.3. The average Bonchev–Trinajstić information content (AvgIpc) is 2.71. The number of carboxylic acid groups (broad SMARTS) is 2. The summed E-state index contributed by atoms with van der Waals surface area (Å²) in [6.45, 7) is 4.57. The Balaban J connectivity index is 2.96. The topological polar surface area (TPSA) is 208 Å². The first-order valence-corrected chi connectivity index (χ1v) is 10.2. The standard InChI is InChI=1S/C21H30N4O8/c1-10(2)17(25-19(30)14(9-16(27)28)23-18(29)11(3)22)20(31)24-15(21(32)33)8-12-4-6-13(26)7-5-12/h4-7,10-11,14-15,17,26H,8-9,22H2,1-3H3,(H,23,29)(H,24,31)(H,25,30)(H,27,28)(H,32,33). The van der Waals surface area contributed by atoms with Crippen molar-refractivity contribution >= 4 is 29.7 Å². The van der Waals surface area contributed by atoms with E-state index in [1.807, 2.05) is 0 Å². The van der Waals surface area contributed by atoms with E-state index in [0.717, 1.165) is 0 Å². The minimum Gasteiger partial charge on any atom is -0.508 e. The van der Waals surface area contributed by atoms with Gasteiger partial charge in [0, 0.05) is 6.42 Å². The zero-order valence-corrected chi connectivity index (χ0v) is 18.6. The number of carbonyl (C=O) groups excluding carboxylic acids is 3. The number of amides is 3. The molecule has 182 valence electrons. The Hall–Kier alpha value is -3.67. The van der Waals surface area contributed by atoms with Gasteiger partial charge in [-0.05, 0) is 30.5 Å². The number of carbonyl (C=O) groups is 5.